The van der Waals surface area contributed by atoms with Gasteiger partial charge in [-0.1, -0.05) is 0 Å². The molecule has 5 rings (SSSR count). The molecule has 1 aromatic heterocycles. The largest absolute Gasteiger partial charge is 0.508 e. The van der Waals surface area contributed by atoms with Gasteiger partial charge in [-0.3, -0.25) is 4.79 Å². The first kappa shape index (κ1) is 38.9. The van der Waals surface area contributed by atoms with Crippen LogP contribution in [0.5, 0.6) is 17.2 Å². The Bertz CT molecular complexity index is 1290. The molecule has 2 aromatic carbocycles. The van der Waals surface area contributed by atoms with E-state index >= 15 is 0 Å². The lowest BCUT2D eigenvalue weighted by atomic mass is 10.1. The Morgan fingerprint density at radius 3 is 1.86 bits per heavy atom. The van der Waals surface area contributed by atoms with E-state index in [1.54, 1.807) is 25.3 Å². The first-order valence-corrected chi connectivity index (χ1v) is 13.0. The maximum Gasteiger partial charge on any atom is 0.259 e. The van der Waals surface area contributed by atoms with Gasteiger partial charge >= 0.3 is 0 Å². The normalized spacial score (nSPS) is 13.9. The molecule has 0 saturated carbocycles. The van der Waals surface area contributed by atoms with Gasteiger partial charge in [0.25, 0.3) is 5.91 Å². The van der Waals surface area contributed by atoms with Crippen LogP contribution in [0.2, 0.25) is 0 Å². The molecule has 2 saturated heterocycles. The highest BCUT2D eigenvalue weighted by Crippen LogP contribution is 2.32. The van der Waals surface area contributed by atoms with Crippen molar-refractivity contribution in [2.24, 2.45) is 0 Å². The Balaban J connectivity index is -0.000000653. The summed E-state index contributed by atoms with van der Waals surface area (Å²) < 4.78 is 5.42. The number of methoxy groups -OCH3 is 1. The minimum atomic E-state index is -0.533. The van der Waals surface area contributed by atoms with Gasteiger partial charge in [0.2, 0.25) is 17.8 Å². The first-order chi connectivity index (χ1) is 18.5. The van der Waals surface area contributed by atoms with E-state index in [1.807, 2.05) is 0 Å². The summed E-state index contributed by atoms with van der Waals surface area (Å²) in [7, 11) is 1.57. The Labute approximate surface area is 264 Å². The van der Waals surface area contributed by atoms with Crippen LogP contribution in [0.3, 0.4) is 0 Å². The third-order valence-corrected chi connectivity index (χ3v) is 6.84. The van der Waals surface area contributed by atoms with Crippen LogP contribution in [0.15, 0.2) is 36.4 Å². The van der Waals surface area contributed by atoms with E-state index in [4.69, 9.17) is 19.7 Å². The Morgan fingerprint density at radius 1 is 0.791 bits per heavy atom. The number of anilines is 5. The van der Waals surface area contributed by atoms with Gasteiger partial charge in [0.05, 0.1) is 24.0 Å². The number of amides is 1. The van der Waals surface area contributed by atoms with Crippen LogP contribution >= 0.6 is 12.4 Å². The van der Waals surface area contributed by atoms with E-state index < -0.39 is 5.91 Å². The summed E-state index contributed by atoms with van der Waals surface area (Å²) in [5, 5.41) is 25.8. The minimum absolute atomic E-state index is 0. The summed E-state index contributed by atoms with van der Waals surface area (Å²) in [6, 6.07) is 9.00. The van der Waals surface area contributed by atoms with Gasteiger partial charge < -0.3 is 60.0 Å². The molecule has 15 nitrogen and oxygen atoms in total. The van der Waals surface area contributed by atoms with Crippen molar-refractivity contribution >= 4 is 47.5 Å². The highest BCUT2D eigenvalue weighted by atomic mass is 35.5. The lowest BCUT2D eigenvalue weighted by Gasteiger charge is -2.30. The van der Waals surface area contributed by atoms with Crippen molar-refractivity contribution in [2.75, 3.05) is 53.7 Å². The van der Waals surface area contributed by atoms with E-state index in [2.05, 4.69) is 20.4 Å². The predicted molar refractivity (Wildman–Crippen MR) is 182 cm³/mol. The molecule has 2 fully saturated rings. The van der Waals surface area contributed by atoms with Crippen LogP contribution < -0.4 is 49.8 Å². The minimum Gasteiger partial charge on any atom is -0.508 e. The number of aromatic hydroxyl groups is 2. The van der Waals surface area contributed by atoms with Crippen molar-refractivity contribution in [3.05, 3.63) is 42.0 Å². The number of hydrogen-bond acceptors (Lipinski definition) is 14. The van der Waals surface area contributed by atoms with Crippen molar-refractivity contribution in [2.45, 2.75) is 38.5 Å². The second kappa shape index (κ2) is 17.7. The topological polar surface area (TPSA) is 276 Å². The molecule has 0 unspecified atom stereocenters. The smallest absolute Gasteiger partial charge is 0.259 e. The van der Waals surface area contributed by atoms with Crippen LogP contribution in [-0.2, 0) is 0 Å². The number of piperidine rings is 2. The van der Waals surface area contributed by atoms with Gasteiger partial charge in [-0.25, -0.2) is 0 Å². The molecule has 2 aliphatic rings. The first-order valence-electron chi connectivity index (χ1n) is 13.0. The quantitative estimate of drug-likeness (QED) is 0.141. The number of carbonyl (C=O) groups is 1. The number of carbonyl (C=O) groups excluding carboxylic acids is 1. The zero-order valence-corrected chi connectivity index (χ0v) is 25.5. The number of phenolic OH excluding ortho intramolecular Hbond substituents is 2. The van der Waals surface area contributed by atoms with Gasteiger partial charge in [0.15, 0.2) is 0 Å². The number of ether oxygens (including phenoxy) is 1. The van der Waals surface area contributed by atoms with Crippen LogP contribution in [0.25, 0.3) is 0 Å². The molecule has 43 heavy (non-hydrogen) atoms. The molecule has 16 N–H and O–H groups in total. The Hall–Kier alpha value is -4.15. The zero-order valence-electron chi connectivity index (χ0n) is 24.7. The SMILES string of the molecule is COc1ccc(NC(=O)c2ccc(O)cc2O)c(Nc2nc(N3CCCCC3)nc(N3CCCCC3)n2)c1.Cl.N.N.N.N.[HH].[HH].[HH].[HH]. The standard InChI is InChI=1S/C27H33N7O4.ClH.4H3N.4H2/c1-38-19-9-11-21(28-24(37)20-10-8-18(35)16-23(20)36)22(17-19)29-25-30-26(33-12-4-2-5-13-33)32-27(31-25)34-14-6-3-7-15-34;;;;;;;;;/h8-11,16-17,35-36H,2-7,12-15H2,1H3,(H,28,37)(H,29,30,31,32);1H;4*1H3;4*1H. The van der Waals surface area contributed by atoms with E-state index in [1.165, 1.54) is 25.0 Å². The zero-order chi connectivity index (χ0) is 26.5. The molecule has 0 aliphatic carbocycles. The second-order valence-electron chi connectivity index (χ2n) is 9.55. The number of hydrogen-bond donors (Lipinski definition) is 8. The lowest BCUT2D eigenvalue weighted by molar-refractivity contribution is 0.102. The lowest BCUT2D eigenvalue weighted by Crippen LogP contribution is -2.34. The highest BCUT2D eigenvalue weighted by Gasteiger charge is 2.21. The van der Waals surface area contributed by atoms with Gasteiger partial charge in [0.1, 0.15) is 17.2 Å². The molecule has 0 spiro atoms. The van der Waals surface area contributed by atoms with Gasteiger partial charge in [-0.15, -0.1) is 12.4 Å². The fourth-order valence-electron chi connectivity index (χ4n) is 4.77. The molecule has 16 heteroatoms. The summed E-state index contributed by atoms with van der Waals surface area (Å²) in [5.41, 5.74) is 1.00. The molecule has 3 heterocycles. The average molecular weight is 632 g/mol. The summed E-state index contributed by atoms with van der Waals surface area (Å²) >= 11 is 0. The molecular weight excluding hydrogens is 578 g/mol. The van der Waals surface area contributed by atoms with Crippen LogP contribution in [-0.4, -0.2) is 64.4 Å². The summed E-state index contributed by atoms with van der Waals surface area (Å²) in [6.45, 7) is 3.61. The van der Waals surface area contributed by atoms with Crippen molar-refractivity contribution < 1.29 is 25.5 Å². The molecule has 0 bridgehead atoms. The molecule has 248 valence electrons. The number of nitrogens with one attached hydrogen (secondary N) is 2. The number of nitrogens with zero attached hydrogens (tertiary/aromatic N) is 5. The third kappa shape index (κ3) is 9.42. The monoisotopic (exact) mass is 631 g/mol. The maximum atomic E-state index is 13.0. The maximum absolute atomic E-state index is 13.0. The van der Waals surface area contributed by atoms with Crippen molar-refractivity contribution in [3.63, 3.8) is 0 Å². The van der Waals surface area contributed by atoms with E-state index in [0.717, 1.165) is 57.9 Å². The summed E-state index contributed by atoms with van der Waals surface area (Å²) in [6.07, 6.45) is 6.81. The Morgan fingerprint density at radius 2 is 1.35 bits per heavy atom. The number of aromatic nitrogens is 3. The fourth-order valence-corrected chi connectivity index (χ4v) is 4.77. The Kier molecular flexibility index (Phi) is 16.0. The van der Waals surface area contributed by atoms with Crippen molar-refractivity contribution in [1.82, 2.24) is 39.6 Å². The van der Waals surface area contributed by atoms with E-state index in [-0.39, 0.29) is 59.8 Å². The summed E-state index contributed by atoms with van der Waals surface area (Å²) in [4.78, 5) is 31.7. The fraction of sp³-hybridized carbons (Fsp3) is 0.407. The number of rotatable bonds is 7. The number of phenols is 2. The molecule has 0 atom stereocenters. The summed E-state index contributed by atoms with van der Waals surface area (Å²) in [5.74, 6) is 1.26. The van der Waals surface area contributed by atoms with Crippen molar-refractivity contribution in [1.29, 1.82) is 0 Å². The number of halogens is 1. The van der Waals surface area contributed by atoms with E-state index in [9.17, 15) is 15.0 Å². The van der Waals surface area contributed by atoms with Gasteiger partial charge in [-0.05, 0) is 62.8 Å². The van der Waals surface area contributed by atoms with E-state index in [0.29, 0.717) is 35.0 Å². The molecule has 3 aromatic rings. The van der Waals surface area contributed by atoms with Gasteiger partial charge in [0, 0.05) is 44.0 Å². The third-order valence-electron chi connectivity index (χ3n) is 6.84. The average Bonchev–Trinajstić information content (AvgIpc) is 2.94. The number of benzene rings is 2. The van der Waals surface area contributed by atoms with Crippen molar-refractivity contribution in [3.8, 4) is 17.2 Å². The predicted octanol–water partition coefficient (Wildman–Crippen LogP) is 6.32. The second-order valence-corrected chi connectivity index (χ2v) is 9.55. The van der Waals surface area contributed by atoms with Crippen LogP contribution in [0, 0.1) is 0 Å². The highest BCUT2D eigenvalue weighted by molar-refractivity contribution is 6.07. The molecule has 2 aliphatic heterocycles. The molecule has 0 radical (unpaired) electrons. The molecule has 1 amide bonds. The molecular formula is C27H54ClN11O4. The van der Waals surface area contributed by atoms with Crippen LogP contribution in [0.4, 0.5) is 29.2 Å². The van der Waals surface area contributed by atoms with Gasteiger partial charge in [-0.2, -0.15) is 15.0 Å². The van der Waals surface area contributed by atoms with Crippen LogP contribution in [0.1, 0.15) is 54.6 Å².